The van der Waals surface area contributed by atoms with Crippen LogP contribution in [-0.2, 0) is 4.79 Å². The van der Waals surface area contributed by atoms with E-state index in [9.17, 15) is 9.90 Å². The number of hydrogen-bond donors (Lipinski definition) is 2. The number of carbonyl (C=O) groups is 1. The third-order valence-electron chi connectivity index (χ3n) is 6.15. The number of carboxylic acids is 1. The average Bonchev–Trinajstić information content (AvgIpc) is 2.77. The van der Waals surface area contributed by atoms with Gasteiger partial charge < -0.3 is 15.3 Å². The Morgan fingerprint density at radius 1 is 0.941 bits per heavy atom. The number of carboxylic acid groups (broad SMARTS) is 1. The summed E-state index contributed by atoms with van der Waals surface area (Å²) in [4.78, 5) is 14.6. The Morgan fingerprint density at radius 2 is 1.50 bits per heavy atom. The van der Waals surface area contributed by atoms with Crippen LogP contribution in [0.25, 0.3) is 0 Å². The molecule has 3 atom stereocenters. The molecule has 0 saturated carbocycles. The molecule has 0 amide bonds. The fraction of sp³-hybridized carbons (Fsp3) is 0.321. The van der Waals surface area contributed by atoms with Crippen molar-refractivity contribution in [3.05, 3.63) is 93.5 Å². The topological polar surface area (TPSA) is 52.6 Å². The summed E-state index contributed by atoms with van der Waals surface area (Å²) in [5.41, 5.74) is 3.96. The maximum Gasteiger partial charge on any atom is 0.315 e. The second kappa shape index (κ2) is 11.7. The largest absolute Gasteiger partial charge is 0.481 e. The molecule has 0 aromatic heterocycles. The van der Waals surface area contributed by atoms with Crippen LogP contribution in [0.2, 0.25) is 10.0 Å². The molecule has 0 heterocycles. The number of nitrogens with one attached hydrogen (secondary N) is 1. The number of anilines is 2. The second-order valence-electron chi connectivity index (χ2n) is 9.04. The van der Waals surface area contributed by atoms with Gasteiger partial charge in [0, 0.05) is 12.2 Å². The number of aliphatic carboxylic acids is 1. The van der Waals surface area contributed by atoms with Gasteiger partial charge >= 0.3 is 5.97 Å². The van der Waals surface area contributed by atoms with Crippen LogP contribution in [0.3, 0.4) is 0 Å². The van der Waals surface area contributed by atoms with Gasteiger partial charge in [0.25, 0.3) is 0 Å². The predicted octanol–water partition coefficient (Wildman–Crippen LogP) is 7.64. The standard InChI is InChI=1S/C28H32Cl2N2O2/c1-5-23(18(2)17-32(3)4)19-9-6-10-20(15-19)26(28(33)34)21-11-7-12-22(16-21)31-27-24(29)13-8-14-25(27)30/h6-16,18,23,26,31H,5,17H2,1-4H3,(H,33,34)/t18-,23+,26?/m0/s1. The highest BCUT2D eigenvalue weighted by Crippen LogP contribution is 2.35. The van der Waals surface area contributed by atoms with Crippen LogP contribution in [0.15, 0.2) is 66.7 Å². The minimum atomic E-state index is -0.889. The average molecular weight is 499 g/mol. The van der Waals surface area contributed by atoms with Crippen molar-refractivity contribution in [3.8, 4) is 0 Å². The van der Waals surface area contributed by atoms with E-state index in [1.54, 1.807) is 18.2 Å². The Hall–Kier alpha value is -2.53. The normalized spacial score (nSPS) is 14.0. The molecule has 34 heavy (non-hydrogen) atoms. The number of nitrogens with zero attached hydrogens (tertiary/aromatic N) is 1. The first-order valence-electron chi connectivity index (χ1n) is 11.5. The van der Waals surface area contributed by atoms with Crippen molar-refractivity contribution in [2.24, 2.45) is 5.92 Å². The molecular formula is C28H32Cl2N2O2. The maximum absolute atomic E-state index is 12.4. The number of hydrogen-bond acceptors (Lipinski definition) is 3. The number of halogens is 2. The third-order valence-corrected chi connectivity index (χ3v) is 6.78. The maximum atomic E-state index is 12.4. The molecule has 0 radical (unpaired) electrons. The van der Waals surface area contributed by atoms with Crippen molar-refractivity contribution in [2.75, 3.05) is 26.0 Å². The highest BCUT2D eigenvalue weighted by Gasteiger charge is 2.25. The summed E-state index contributed by atoms with van der Waals surface area (Å²) >= 11 is 12.6. The van der Waals surface area contributed by atoms with Gasteiger partial charge in [-0.3, -0.25) is 4.79 Å². The highest BCUT2D eigenvalue weighted by atomic mass is 35.5. The van der Waals surface area contributed by atoms with Crippen LogP contribution in [0.4, 0.5) is 11.4 Å². The van der Waals surface area contributed by atoms with Crippen LogP contribution >= 0.6 is 23.2 Å². The molecule has 4 nitrogen and oxygen atoms in total. The first-order valence-corrected chi connectivity index (χ1v) is 12.2. The third kappa shape index (κ3) is 6.32. The van der Waals surface area contributed by atoms with E-state index in [-0.39, 0.29) is 0 Å². The molecule has 0 bridgehead atoms. The van der Waals surface area contributed by atoms with Gasteiger partial charge in [0.15, 0.2) is 0 Å². The van der Waals surface area contributed by atoms with Crippen molar-refractivity contribution >= 4 is 40.5 Å². The second-order valence-corrected chi connectivity index (χ2v) is 9.86. The lowest BCUT2D eigenvalue weighted by molar-refractivity contribution is -0.137. The van der Waals surface area contributed by atoms with Gasteiger partial charge in [-0.1, -0.05) is 79.5 Å². The smallest absolute Gasteiger partial charge is 0.315 e. The molecule has 0 fully saturated rings. The summed E-state index contributed by atoms with van der Waals surface area (Å²) < 4.78 is 0. The Morgan fingerprint density at radius 3 is 2.09 bits per heavy atom. The molecule has 6 heteroatoms. The molecule has 3 aromatic carbocycles. The van der Waals surface area contributed by atoms with Gasteiger partial charge in [-0.25, -0.2) is 0 Å². The summed E-state index contributed by atoms with van der Waals surface area (Å²) in [6.45, 7) is 5.42. The van der Waals surface area contributed by atoms with E-state index < -0.39 is 11.9 Å². The minimum absolute atomic E-state index is 0.354. The van der Waals surface area contributed by atoms with E-state index in [1.165, 1.54) is 5.56 Å². The highest BCUT2D eigenvalue weighted by molar-refractivity contribution is 6.39. The lowest BCUT2D eigenvalue weighted by Gasteiger charge is -2.27. The molecule has 0 saturated heterocycles. The van der Waals surface area contributed by atoms with Crippen molar-refractivity contribution in [3.63, 3.8) is 0 Å². The number of benzene rings is 3. The van der Waals surface area contributed by atoms with Crippen LogP contribution in [-0.4, -0.2) is 36.6 Å². The Bertz CT molecular complexity index is 1110. The molecule has 0 spiro atoms. The number of para-hydroxylation sites is 1. The molecule has 0 aliphatic rings. The van der Waals surface area contributed by atoms with Gasteiger partial charge in [0.05, 0.1) is 15.7 Å². The van der Waals surface area contributed by atoms with E-state index in [2.05, 4.69) is 50.3 Å². The zero-order valence-electron chi connectivity index (χ0n) is 20.1. The zero-order valence-corrected chi connectivity index (χ0v) is 21.6. The SMILES string of the molecule is CC[C@@H](c1cccc(C(C(=O)O)c2cccc(Nc3c(Cl)cccc3Cl)c2)c1)[C@@H](C)CN(C)C. The molecule has 3 aromatic rings. The molecular weight excluding hydrogens is 467 g/mol. The Balaban J connectivity index is 1.95. The zero-order chi connectivity index (χ0) is 24.8. The molecule has 0 aliphatic carbocycles. The fourth-order valence-electron chi connectivity index (χ4n) is 4.67. The molecule has 0 aliphatic heterocycles. The first kappa shape index (κ1) is 26.1. The summed E-state index contributed by atoms with van der Waals surface area (Å²) in [7, 11) is 4.16. The van der Waals surface area contributed by atoms with Gasteiger partial charge in [0.2, 0.25) is 0 Å². The van der Waals surface area contributed by atoms with Gasteiger partial charge in [-0.05, 0) is 73.3 Å². The van der Waals surface area contributed by atoms with Crippen molar-refractivity contribution < 1.29 is 9.90 Å². The number of rotatable bonds is 10. The predicted molar refractivity (Wildman–Crippen MR) is 143 cm³/mol. The van der Waals surface area contributed by atoms with Crippen LogP contribution < -0.4 is 5.32 Å². The van der Waals surface area contributed by atoms with E-state index in [1.807, 2.05) is 36.4 Å². The van der Waals surface area contributed by atoms with E-state index >= 15 is 0 Å². The van der Waals surface area contributed by atoms with Crippen molar-refractivity contribution in [1.82, 2.24) is 4.90 Å². The van der Waals surface area contributed by atoms with Crippen LogP contribution in [0.5, 0.6) is 0 Å². The Labute approximate surface area is 212 Å². The van der Waals surface area contributed by atoms with Gasteiger partial charge in [0.1, 0.15) is 5.92 Å². The molecule has 1 unspecified atom stereocenters. The fourth-order valence-corrected chi connectivity index (χ4v) is 5.17. The van der Waals surface area contributed by atoms with Crippen molar-refractivity contribution in [2.45, 2.75) is 32.1 Å². The summed E-state index contributed by atoms with van der Waals surface area (Å²) in [6.07, 6.45) is 0.994. The van der Waals surface area contributed by atoms with E-state index in [0.717, 1.165) is 24.2 Å². The van der Waals surface area contributed by atoms with E-state index in [4.69, 9.17) is 23.2 Å². The molecule has 180 valence electrons. The molecule has 3 rings (SSSR count). The van der Waals surface area contributed by atoms with E-state index in [0.29, 0.717) is 33.1 Å². The Kier molecular flexibility index (Phi) is 9.01. The summed E-state index contributed by atoms with van der Waals surface area (Å²) in [5.74, 6) is -0.872. The van der Waals surface area contributed by atoms with Crippen molar-refractivity contribution in [1.29, 1.82) is 0 Å². The van der Waals surface area contributed by atoms with Crippen LogP contribution in [0, 0.1) is 5.92 Å². The molecule has 2 N–H and O–H groups in total. The quantitative estimate of drug-likeness (QED) is 0.301. The summed E-state index contributed by atoms with van der Waals surface area (Å²) in [6, 6.07) is 20.7. The van der Waals surface area contributed by atoms with Crippen LogP contribution in [0.1, 0.15) is 48.8 Å². The van der Waals surface area contributed by atoms with Gasteiger partial charge in [-0.15, -0.1) is 0 Å². The summed E-state index contributed by atoms with van der Waals surface area (Å²) in [5, 5.41) is 14.4. The monoisotopic (exact) mass is 498 g/mol. The lowest BCUT2D eigenvalue weighted by Crippen LogP contribution is -2.24. The van der Waals surface area contributed by atoms with Gasteiger partial charge in [-0.2, -0.15) is 0 Å². The minimum Gasteiger partial charge on any atom is -0.481 e. The first-order chi connectivity index (χ1) is 16.2. The lowest BCUT2D eigenvalue weighted by atomic mass is 9.82.